The lowest BCUT2D eigenvalue weighted by Crippen LogP contribution is -2.11. The number of methoxy groups -OCH3 is 3. The molecular formula is C25H21NO8. The van der Waals surface area contributed by atoms with E-state index in [0.717, 1.165) is 0 Å². The van der Waals surface area contributed by atoms with Gasteiger partial charge in [-0.2, -0.15) is 0 Å². The van der Waals surface area contributed by atoms with Gasteiger partial charge in [0.05, 0.1) is 37.4 Å². The fourth-order valence-corrected chi connectivity index (χ4v) is 3.01. The number of benzene rings is 3. The third-order valence-corrected chi connectivity index (χ3v) is 4.81. The first-order valence-corrected chi connectivity index (χ1v) is 9.95. The van der Waals surface area contributed by atoms with Crippen molar-refractivity contribution in [2.75, 3.05) is 21.3 Å². The normalized spacial score (nSPS) is 10.6. The molecule has 0 N–H and O–H groups in total. The second-order valence-electron chi connectivity index (χ2n) is 6.87. The molecule has 34 heavy (non-hydrogen) atoms. The van der Waals surface area contributed by atoms with Crippen LogP contribution in [0.1, 0.15) is 26.3 Å². The fraction of sp³-hybridized carbons (Fsp3) is 0.120. The maximum absolute atomic E-state index is 12.9. The largest absolute Gasteiger partial charge is 0.497 e. The number of esters is 1. The third kappa shape index (κ3) is 5.57. The molecular weight excluding hydrogens is 442 g/mol. The number of ether oxygens (including phenoxy) is 4. The van der Waals surface area contributed by atoms with Crippen molar-refractivity contribution in [3.63, 3.8) is 0 Å². The fourth-order valence-electron chi connectivity index (χ4n) is 3.01. The van der Waals surface area contributed by atoms with E-state index in [4.69, 9.17) is 18.9 Å². The Hall–Kier alpha value is -4.66. The molecule has 0 aliphatic rings. The Morgan fingerprint density at radius 2 is 1.53 bits per heavy atom. The van der Waals surface area contributed by atoms with Crippen molar-refractivity contribution in [3.05, 3.63) is 93.5 Å². The number of non-ortho nitro benzene ring substituents is 1. The summed E-state index contributed by atoms with van der Waals surface area (Å²) in [5.74, 6) is 0.252. The number of hydrogen-bond donors (Lipinski definition) is 0. The minimum atomic E-state index is -0.777. The van der Waals surface area contributed by atoms with Crippen LogP contribution in [0.5, 0.6) is 23.0 Å². The molecule has 0 heterocycles. The smallest absolute Gasteiger partial charge is 0.343 e. The third-order valence-electron chi connectivity index (χ3n) is 4.81. The molecule has 0 fully saturated rings. The van der Waals surface area contributed by atoms with Gasteiger partial charge in [0.15, 0.2) is 17.3 Å². The van der Waals surface area contributed by atoms with Crippen LogP contribution >= 0.6 is 0 Å². The first-order chi connectivity index (χ1) is 16.4. The number of nitro groups is 1. The molecule has 9 heteroatoms. The first kappa shape index (κ1) is 24.0. The van der Waals surface area contributed by atoms with E-state index in [9.17, 15) is 19.7 Å². The van der Waals surface area contributed by atoms with Gasteiger partial charge in [0, 0.05) is 18.2 Å². The molecule has 0 aliphatic carbocycles. The number of ketones is 1. The highest BCUT2D eigenvalue weighted by Crippen LogP contribution is 2.29. The number of allylic oxidation sites excluding steroid dienone is 1. The van der Waals surface area contributed by atoms with Crippen LogP contribution in [-0.4, -0.2) is 38.0 Å². The van der Waals surface area contributed by atoms with Gasteiger partial charge in [-0.15, -0.1) is 0 Å². The minimum Gasteiger partial charge on any atom is -0.497 e. The van der Waals surface area contributed by atoms with Gasteiger partial charge in [0.2, 0.25) is 0 Å². The van der Waals surface area contributed by atoms with Crippen molar-refractivity contribution in [2.45, 2.75) is 0 Å². The summed E-state index contributed by atoms with van der Waals surface area (Å²) in [4.78, 5) is 35.7. The lowest BCUT2D eigenvalue weighted by molar-refractivity contribution is -0.384. The van der Waals surface area contributed by atoms with Crippen molar-refractivity contribution in [1.29, 1.82) is 0 Å². The van der Waals surface area contributed by atoms with E-state index in [0.29, 0.717) is 22.8 Å². The number of nitrogens with zero attached hydrogens (tertiary/aromatic N) is 1. The van der Waals surface area contributed by atoms with E-state index in [-0.39, 0.29) is 22.6 Å². The number of rotatable bonds is 9. The minimum absolute atomic E-state index is 0.00957. The summed E-state index contributed by atoms with van der Waals surface area (Å²) in [6, 6.07) is 14.6. The molecule has 0 aromatic heterocycles. The van der Waals surface area contributed by atoms with Crippen LogP contribution in [0.2, 0.25) is 0 Å². The molecule has 0 radical (unpaired) electrons. The highest BCUT2D eigenvalue weighted by atomic mass is 16.6. The van der Waals surface area contributed by atoms with Crippen molar-refractivity contribution < 1.29 is 33.5 Å². The Bertz CT molecular complexity index is 1250. The van der Waals surface area contributed by atoms with E-state index in [1.807, 2.05) is 0 Å². The molecule has 0 saturated heterocycles. The first-order valence-electron chi connectivity index (χ1n) is 9.95. The Morgan fingerprint density at radius 1 is 0.824 bits per heavy atom. The Balaban J connectivity index is 1.86. The molecule has 3 aromatic rings. The molecule has 0 aliphatic heterocycles. The molecule has 174 valence electrons. The van der Waals surface area contributed by atoms with Crippen molar-refractivity contribution in [1.82, 2.24) is 0 Å². The van der Waals surface area contributed by atoms with Crippen LogP contribution in [-0.2, 0) is 0 Å². The zero-order valence-electron chi connectivity index (χ0n) is 18.6. The van der Waals surface area contributed by atoms with E-state index in [1.54, 1.807) is 30.3 Å². The van der Waals surface area contributed by atoms with Crippen LogP contribution in [0.15, 0.2) is 66.7 Å². The van der Waals surface area contributed by atoms with Gasteiger partial charge in [-0.3, -0.25) is 14.9 Å². The van der Waals surface area contributed by atoms with Gasteiger partial charge < -0.3 is 18.9 Å². The average Bonchev–Trinajstić information content (AvgIpc) is 2.86. The van der Waals surface area contributed by atoms with Crippen LogP contribution in [0.3, 0.4) is 0 Å². The summed E-state index contributed by atoms with van der Waals surface area (Å²) in [6.45, 7) is 0. The number of carbonyl (C=O) groups is 2. The van der Waals surface area contributed by atoms with Crippen molar-refractivity contribution >= 4 is 23.5 Å². The Morgan fingerprint density at radius 3 is 2.15 bits per heavy atom. The summed E-state index contributed by atoms with van der Waals surface area (Å²) in [6.07, 6.45) is 2.93. The summed E-state index contributed by atoms with van der Waals surface area (Å²) in [5, 5.41) is 10.8. The van der Waals surface area contributed by atoms with Crippen LogP contribution < -0.4 is 18.9 Å². The zero-order chi connectivity index (χ0) is 24.7. The van der Waals surface area contributed by atoms with Gasteiger partial charge in [0.1, 0.15) is 11.5 Å². The lowest BCUT2D eigenvalue weighted by Gasteiger charge is -2.10. The maximum Gasteiger partial charge on any atom is 0.343 e. The Labute approximate surface area is 195 Å². The van der Waals surface area contributed by atoms with Gasteiger partial charge in [0.25, 0.3) is 5.69 Å². The molecule has 0 saturated carbocycles. The average molecular weight is 463 g/mol. The van der Waals surface area contributed by atoms with Crippen LogP contribution in [0.4, 0.5) is 5.69 Å². The van der Waals surface area contributed by atoms with Crippen LogP contribution in [0.25, 0.3) is 6.08 Å². The molecule has 3 rings (SSSR count). The van der Waals surface area contributed by atoms with E-state index >= 15 is 0 Å². The van der Waals surface area contributed by atoms with Gasteiger partial charge >= 0.3 is 5.97 Å². The summed E-state index contributed by atoms with van der Waals surface area (Å²) in [7, 11) is 4.48. The predicted octanol–water partition coefficient (Wildman–Crippen LogP) is 4.74. The molecule has 3 aromatic carbocycles. The monoisotopic (exact) mass is 463 g/mol. The number of carbonyl (C=O) groups excluding carboxylic acids is 2. The van der Waals surface area contributed by atoms with Crippen LogP contribution in [0, 0.1) is 10.1 Å². The van der Waals surface area contributed by atoms with E-state index < -0.39 is 16.7 Å². The molecule has 0 bridgehead atoms. The van der Waals surface area contributed by atoms with Crippen molar-refractivity contribution in [3.8, 4) is 23.0 Å². The quantitative estimate of drug-likeness (QED) is 0.112. The van der Waals surface area contributed by atoms with E-state index in [1.165, 1.54) is 63.8 Å². The van der Waals surface area contributed by atoms with E-state index in [2.05, 4.69) is 0 Å². The Kier molecular flexibility index (Phi) is 7.60. The molecule has 0 unspecified atom stereocenters. The van der Waals surface area contributed by atoms with Crippen molar-refractivity contribution in [2.24, 2.45) is 0 Å². The summed E-state index contributed by atoms with van der Waals surface area (Å²) in [5.41, 5.74) is 0.763. The summed E-state index contributed by atoms with van der Waals surface area (Å²) >= 11 is 0. The topological polar surface area (TPSA) is 114 Å². The highest BCUT2D eigenvalue weighted by molar-refractivity contribution is 6.09. The molecule has 0 amide bonds. The second kappa shape index (κ2) is 10.8. The number of hydrogen-bond acceptors (Lipinski definition) is 8. The summed E-state index contributed by atoms with van der Waals surface area (Å²) < 4.78 is 21.1. The maximum atomic E-state index is 12.9. The SMILES string of the molecule is COc1ccc(C(=O)/C=C/c2ccc(OC)c(OC)c2)c(OC(=O)c2ccc([N+](=O)[O-])cc2)c1. The standard InChI is InChI=1S/C25H21NO8/c1-31-19-10-11-20(21(27)12-4-16-5-13-22(32-2)24(14-16)33-3)23(15-19)34-25(28)17-6-8-18(9-7-17)26(29)30/h4-15H,1-3H3/b12-4+. The van der Waals surface area contributed by atoms with Gasteiger partial charge in [-0.25, -0.2) is 4.79 Å². The molecule has 9 nitrogen and oxygen atoms in total. The molecule has 0 atom stereocenters. The predicted molar refractivity (Wildman–Crippen MR) is 124 cm³/mol. The van der Waals surface area contributed by atoms with Gasteiger partial charge in [-0.1, -0.05) is 12.1 Å². The number of nitro benzene ring substituents is 1. The molecule has 0 spiro atoms. The zero-order valence-corrected chi connectivity index (χ0v) is 18.6. The highest BCUT2D eigenvalue weighted by Gasteiger charge is 2.17. The van der Waals surface area contributed by atoms with Gasteiger partial charge in [-0.05, 0) is 48.0 Å². The lowest BCUT2D eigenvalue weighted by atomic mass is 10.1. The second-order valence-corrected chi connectivity index (χ2v) is 6.87.